The second-order valence-corrected chi connectivity index (χ2v) is 4.95. The lowest BCUT2D eigenvalue weighted by Crippen LogP contribution is -2.68. The fourth-order valence-corrected chi connectivity index (χ4v) is 1.80. The highest BCUT2D eigenvalue weighted by molar-refractivity contribution is 5.99. The molecule has 1 atom stereocenters. The first-order valence-electron chi connectivity index (χ1n) is 6.34. The van der Waals surface area contributed by atoms with Gasteiger partial charge in [-0.1, -0.05) is 0 Å². The molecule has 15 heteroatoms. The molecular formula is C10H12F9N5O. The van der Waals surface area contributed by atoms with Gasteiger partial charge < -0.3 is 5.11 Å². The van der Waals surface area contributed by atoms with Gasteiger partial charge in [0.25, 0.3) is 0 Å². The van der Waals surface area contributed by atoms with Crippen molar-refractivity contribution in [2.24, 2.45) is 15.8 Å². The van der Waals surface area contributed by atoms with Crippen LogP contribution in [0.4, 0.5) is 39.5 Å². The Hall–Kier alpha value is -1.61. The zero-order valence-electron chi connectivity index (χ0n) is 12.1. The van der Waals surface area contributed by atoms with Crippen LogP contribution >= 0.6 is 0 Å². The van der Waals surface area contributed by atoms with Crippen LogP contribution in [-0.2, 0) is 0 Å². The molecule has 146 valence electrons. The van der Waals surface area contributed by atoms with Crippen molar-refractivity contribution in [3.63, 3.8) is 0 Å². The van der Waals surface area contributed by atoms with Gasteiger partial charge >= 0.3 is 18.5 Å². The van der Waals surface area contributed by atoms with Gasteiger partial charge in [0.2, 0.25) is 5.79 Å². The van der Waals surface area contributed by atoms with Gasteiger partial charge in [0.1, 0.15) is 31.1 Å². The third-order valence-electron chi connectivity index (χ3n) is 2.76. The molecular weight excluding hydrogens is 377 g/mol. The van der Waals surface area contributed by atoms with E-state index in [-0.39, 0.29) is 5.01 Å². The summed E-state index contributed by atoms with van der Waals surface area (Å²) in [5, 5.41) is 10.7. The topological polar surface area (TPSA) is 86.2 Å². The molecule has 1 aliphatic rings. The molecule has 0 fully saturated rings. The van der Waals surface area contributed by atoms with Gasteiger partial charge in [0.15, 0.2) is 0 Å². The maximum Gasteiger partial charge on any atom is 0.401 e. The van der Waals surface area contributed by atoms with Crippen molar-refractivity contribution < 1.29 is 44.6 Å². The number of rotatable bonds is 5. The van der Waals surface area contributed by atoms with Crippen molar-refractivity contribution in [2.75, 3.05) is 13.2 Å². The molecule has 6 nitrogen and oxygen atoms in total. The highest BCUT2D eigenvalue weighted by atomic mass is 19.4. The molecule has 4 N–H and O–H groups in total. The Morgan fingerprint density at radius 3 is 1.88 bits per heavy atom. The summed E-state index contributed by atoms with van der Waals surface area (Å²) in [5.41, 5.74) is 0. The first-order chi connectivity index (χ1) is 11.1. The summed E-state index contributed by atoms with van der Waals surface area (Å²) >= 11 is 0. The first kappa shape index (κ1) is 21.4. The van der Waals surface area contributed by atoms with E-state index in [9.17, 15) is 44.6 Å². The summed E-state index contributed by atoms with van der Waals surface area (Å²) in [4.78, 5) is 6.18. The Morgan fingerprint density at radius 1 is 0.960 bits per heavy atom. The second kappa shape index (κ2) is 6.95. The van der Waals surface area contributed by atoms with E-state index in [0.717, 1.165) is 0 Å². The van der Waals surface area contributed by atoms with Crippen LogP contribution in [0.15, 0.2) is 9.98 Å². The van der Waals surface area contributed by atoms with E-state index in [1.54, 1.807) is 0 Å². The second-order valence-electron chi connectivity index (χ2n) is 4.95. The molecule has 0 aromatic rings. The monoisotopic (exact) mass is 389 g/mol. The lowest BCUT2D eigenvalue weighted by Gasteiger charge is -2.41. The fourth-order valence-electron chi connectivity index (χ4n) is 1.80. The Kier molecular flexibility index (Phi) is 5.96. The SMILES string of the molecule is NN1C(CC(F)(F)F)=NC(CC(F)(F)F)=NC1(CO)NCC(F)(F)F. The number of hydrogen-bond donors (Lipinski definition) is 3. The zero-order valence-corrected chi connectivity index (χ0v) is 12.1. The lowest BCUT2D eigenvalue weighted by atomic mass is 10.2. The fraction of sp³-hybridized carbons (Fsp3) is 0.800. The average Bonchev–Trinajstić information content (AvgIpc) is 2.36. The minimum absolute atomic E-state index is 0.0634. The molecule has 0 radical (unpaired) electrons. The number of halogens is 9. The maximum atomic E-state index is 12.5. The number of aliphatic imine (C=N–C) groups is 2. The molecule has 0 aromatic carbocycles. The Balaban J connectivity index is 3.27. The smallest absolute Gasteiger partial charge is 0.390 e. The van der Waals surface area contributed by atoms with Crippen LogP contribution in [0.25, 0.3) is 0 Å². The third kappa shape index (κ3) is 6.66. The van der Waals surface area contributed by atoms with Gasteiger partial charge in [-0.25, -0.2) is 15.8 Å². The van der Waals surface area contributed by atoms with Crippen LogP contribution in [0.3, 0.4) is 0 Å². The number of hydrazine groups is 1. The standard InChI is InChI=1S/C10H12F9N5O/c11-7(12,13)1-5-22-6(2-8(14,15)16)24(20)10(4-25,23-5)21-3-9(17,18)19/h21,25H,1-4,20H2. The summed E-state index contributed by atoms with van der Waals surface area (Å²) < 4.78 is 112. The van der Waals surface area contributed by atoms with Gasteiger partial charge in [-0.15, -0.1) is 0 Å². The van der Waals surface area contributed by atoms with Crippen LogP contribution in [-0.4, -0.2) is 59.3 Å². The molecule has 0 bridgehead atoms. The molecule has 0 aliphatic carbocycles. The van der Waals surface area contributed by atoms with Gasteiger partial charge in [0.05, 0.1) is 6.54 Å². The third-order valence-corrected chi connectivity index (χ3v) is 2.76. The predicted octanol–water partition coefficient (Wildman–Crippen LogP) is 1.68. The normalized spacial score (nSPS) is 22.8. The van der Waals surface area contributed by atoms with Crippen LogP contribution in [0.2, 0.25) is 0 Å². The van der Waals surface area contributed by atoms with E-state index in [0.29, 0.717) is 0 Å². The number of nitrogens with two attached hydrogens (primary N) is 1. The van der Waals surface area contributed by atoms with E-state index in [2.05, 4.69) is 9.98 Å². The van der Waals surface area contributed by atoms with E-state index in [4.69, 9.17) is 5.84 Å². The molecule has 1 aliphatic heterocycles. The summed E-state index contributed by atoms with van der Waals surface area (Å²) in [7, 11) is 0. The van der Waals surface area contributed by atoms with Crippen LogP contribution < -0.4 is 11.2 Å². The highest BCUT2D eigenvalue weighted by Crippen LogP contribution is 2.29. The van der Waals surface area contributed by atoms with E-state index >= 15 is 0 Å². The summed E-state index contributed by atoms with van der Waals surface area (Å²) in [6.07, 6.45) is -18.7. The Labute approximate surface area is 134 Å². The molecule has 0 aromatic heterocycles. The van der Waals surface area contributed by atoms with E-state index in [1.165, 1.54) is 5.32 Å². The van der Waals surface area contributed by atoms with E-state index in [1.807, 2.05) is 0 Å². The number of nitrogens with zero attached hydrogens (tertiary/aromatic N) is 3. The average molecular weight is 389 g/mol. The van der Waals surface area contributed by atoms with Crippen molar-refractivity contribution >= 4 is 11.7 Å². The molecule has 1 rings (SSSR count). The van der Waals surface area contributed by atoms with Crippen molar-refractivity contribution in [1.29, 1.82) is 0 Å². The molecule has 0 amide bonds. The minimum Gasteiger partial charge on any atom is -0.390 e. The van der Waals surface area contributed by atoms with E-state index < -0.39 is 62.0 Å². The lowest BCUT2D eigenvalue weighted by molar-refractivity contribution is -0.137. The van der Waals surface area contributed by atoms with Gasteiger partial charge in [-0.05, 0) is 0 Å². The van der Waals surface area contributed by atoms with Gasteiger partial charge in [-0.2, -0.15) is 39.5 Å². The first-order valence-corrected chi connectivity index (χ1v) is 6.34. The number of amidine groups is 2. The van der Waals surface area contributed by atoms with Gasteiger partial charge in [0, 0.05) is 0 Å². The molecule has 0 saturated carbocycles. The molecule has 0 spiro atoms. The molecule has 25 heavy (non-hydrogen) atoms. The van der Waals surface area contributed by atoms with Crippen molar-refractivity contribution in [2.45, 2.75) is 37.2 Å². The van der Waals surface area contributed by atoms with Gasteiger partial charge in [-0.3, -0.25) is 10.3 Å². The number of alkyl halides is 9. The number of nitrogens with one attached hydrogen (secondary N) is 1. The van der Waals surface area contributed by atoms with Crippen LogP contribution in [0.5, 0.6) is 0 Å². The van der Waals surface area contributed by atoms with Crippen LogP contribution in [0, 0.1) is 0 Å². The number of aliphatic hydroxyl groups excluding tert-OH is 1. The van der Waals surface area contributed by atoms with Crippen LogP contribution in [0.1, 0.15) is 12.8 Å². The summed E-state index contributed by atoms with van der Waals surface area (Å²) in [6.45, 7) is -3.33. The van der Waals surface area contributed by atoms with Crippen molar-refractivity contribution in [1.82, 2.24) is 10.3 Å². The highest BCUT2D eigenvalue weighted by Gasteiger charge is 2.46. The Bertz CT molecular complexity index is 538. The number of aliphatic hydroxyl groups is 1. The summed E-state index contributed by atoms with van der Waals surface area (Å²) in [6, 6.07) is 0. The summed E-state index contributed by atoms with van der Waals surface area (Å²) in [5.74, 6) is -0.00736. The predicted molar refractivity (Wildman–Crippen MR) is 66.1 cm³/mol. The molecule has 1 heterocycles. The number of hydrogen-bond acceptors (Lipinski definition) is 6. The molecule has 0 saturated heterocycles. The van der Waals surface area contributed by atoms with Crippen molar-refractivity contribution in [3.8, 4) is 0 Å². The minimum atomic E-state index is -4.97. The maximum absolute atomic E-state index is 12.5. The molecule has 1 unspecified atom stereocenters. The zero-order chi connectivity index (χ0) is 19.7. The quantitative estimate of drug-likeness (QED) is 0.493. The Morgan fingerprint density at radius 2 is 1.48 bits per heavy atom. The largest absolute Gasteiger partial charge is 0.401 e. The van der Waals surface area contributed by atoms with Crippen molar-refractivity contribution in [3.05, 3.63) is 0 Å².